The topological polar surface area (TPSA) is 15.8 Å². The van der Waals surface area contributed by atoms with Crippen molar-refractivity contribution < 1.29 is 0 Å². The van der Waals surface area contributed by atoms with Gasteiger partial charge in [-0.05, 0) is 28.2 Å². The number of hydrogen-bond acceptors (Lipinski definition) is 0. The summed E-state index contributed by atoms with van der Waals surface area (Å²) in [4.78, 5) is 3.40. The zero-order valence-electron chi connectivity index (χ0n) is 11.7. The molecule has 0 saturated carbocycles. The monoisotopic (exact) mass is 249 g/mol. The minimum absolute atomic E-state index is 0.151. The third kappa shape index (κ3) is 2.06. The third-order valence-electron chi connectivity index (χ3n) is 3.62. The maximum absolute atomic E-state index is 3.40. The first-order chi connectivity index (χ1) is 9.07. The molecule has 0 saturated heterocycles. The molecule has 3 aromatic rings. The minimum atomic E-state index is 0.151. The quantitative estimate of drug-likeness (QED) is 0.615. The van der Waals surface area contributed by atoms with Crippen molar-refractivity contribution in [3.05, 3.63) is 60.3 Å². The predicted molar refractivity (Wildman–Crippen MR) is 82.4 cm³/mol. The van der Waals surface area contributed by atoms with Crippen molar-refractivity contribution in [3.63, 3.8) is 0 Å². The summed E-state index contributed by atoms with van der Waals surface area (Å²) < 4.78 is 0. The van der Waals surface area contributed by atoms with Gasteiger partial charge in [-0.2, -0.15) is 0 Å². The van der Waals surface area contributed by atoms with E-state index in [2.05, 4.69) is 74.3 Å². The lowest BCUT2D eigenvalue weighted by Gasteiger charge is -2.21. The predicted octanol–water partition coefficient (Wildman–Crippen LogP) is 5.13. The molecule has 1 N–H and O–H groups in total. The summed E-state index contributed by atoms with van der Waals surface area (Å²) in [5.74, 6) is 0. The number of hydrogen-bond donors (Lipinski definition) is 1. The first-order valence-corrected chi connectivity index (χ1v) is 6.73. The molecule has 0 aliphatic rings. The van der Waals surface area contributed by atoms with Crippen molar-refractivity contribution in [3.8, 4) is 11.1 Å². The SMILES string of the molecule is CC(C)(C)c1ccc(-c2ccccc2)c2cc[nH]c12. The summed E-state index contributed by atoms with van der Waals surface area (Å²) >= 11 is 0. The van der Waals surface area contributed by atoms with E-state index >= 15 is 0 Å². The summed E-state index contributed by atoms with van der Waals surface area (Å²) in [6, 6.07) is 17.2. The van der Waals surface area contributed by atoms with Gasteiger partial charge < -0.3 is 4.98 Å². The molecule has 1 heteroatoms. The Bertz CT molecular complexity index is 699. The Kier molecular flexibility index (Phi) is 2.70. The molecule has 0 fully saturated rings. The van der Waals surface area contributed by atoms with Gasteiger partial charge in [-0.25, -0.2) is 0 Å². The summed E-state index contributed by atoms with van der Waals surface area (Å²) in [5.41, 5.74) is 5.34. The number of fused-ring (bicyclic) bond motifs is 1. The van der Waals surface area contributed by atoms with Gasteiger partial charge in [0.05, 0.1) is 0 Å². The van der Waals surface area contributed by atoms with Crippen LogP contribution in [-0.2, 0) is 5.41 Å². The number of aromatic amines is 1. The van der Waals surface area contributed by atoms with Gasteiger partial charge in [-0.3, -0.25) is 0 Å². The molecule has 0 spiro atoms. The smallest absolute Gasteiger partial charge is 0.0498 e. The molecule has 3 rings (SSSR count). The molecular formula is C18H19N. The van der Waals surface area contributed by atoms with E-state index in [0.717, 1.165) is 0 Å². The van der Waals surface area contributed by atoms with Crippen LogP contribution in [0.2, 0.25) is 0 Å². The zero-order chi connectivity index (χ0) is 13.5. The van der Waals surface area contributed by atoms with Crippen molar-refractivity contribution >= 4 is 10.9 Å². The molecule has 0 radical (unpaired) electrons. The Morgan fingerprint density at radius 1 is 0.842 bits per heavy atom. The molecule has 1 heterocycles. The van der Waals surface area contributed by atoms with E-state index in [-0.39, 0.29) is 5.41 Å². The van der Waals surface area contributed by atoms with E-state index in [1.54, 1.807) is 0 Å². The van der Waals surface area contributed by atoms with Crippen LogP contribution >= 0.6 is 0 Å². The van der Waals surface area contributed by atoms with Crippen molar-refractivity contribution in [2.75, 3.05) is 0 Å². The lowest BCUT2D eigenvalue weighted by Crippen LogP contribution is -2.11. The van der Waals surface area contributed by atoms with Crippen LogP contribution in [0.15, 0.2) is 54.7 Å². The Labute approximate surface area is 114 Å². The molecule has 0 atom stereocenters. The third-order valence-corrected chi connectivity index (χ3v) is 3.62. The fourth-order valence-electron chi connectivity index (χ4n) is 2.65. The lowest BCUT2D eigenvalue weighted by atomic mass is 9.84. The summed E-state index contributed by atoms with van der Waals surface area (Å²) in [6.07, 6.45) is 2.03. The average Bonchev–Trinajstić information content (AvgIpc) is 2.86. The summed E-state index contributed by atoms with van der Waals surface area (Å²) in [5, 5.41) is 1.30. The highest BCUT2D eigenvalue weighted by Gasteiger charge is 2.18. The molecule has 1 nitrogen and oxygen atoms in total. The van der Waals surface area contributed by atoms with Crippen molar-refractivity contribution in [1.82, 2.24) is 4.98 Å². The number of rotatable bonds is 1. The molecular weight excluding hydrogens is 230 g/mol. The van der Waals surface area contributed by atoms with Crippen LogP contribution < -0.4 is 0 Å². The van der Waals surface area contributed by atoms with Gasteiger partial charge in [0.2, 0.25) is 0 Å². The van der Waals surface area contributed by atoms with Gasteiger partial charge in [0, 0.05) is 17.1 Å². The van der Waals surface area contributed by atoms with E-state index in [4.69, 9.17) is 0 Å². The first kappa shape index (κ1) is 12.0. The second-order valence-corrected chi connectivity index (χ2v) is 6.04. The molecule has 0 amide bonds. The molecule has 1 aromatic heterocycles. The van der Waals surface area contributed by atoms with E-state index in [1.807, 2.05) is 6.20 Å². The Morgan fingerprint density at radius 2 is 1.58 bits per heavy atom. The maximum Gasteiger partial charge on any atom is 0.0498 e. The normalized spacial score (nSPS) is 11.9. The van der Waals surface area contributed by atoms with Gasteiger partial charge >= 0.3 is 0 Å². The second-order valence-electron chi connectivity index (χ2n) is 6.04. The van der Waals surface area contributed by atoms with Crippen LogP contribution in [0.25, 0.3) is 22.0 Å². The van der Waals surface area contributed by atoms with Gasteiger partial charge in [-0.1, -0.05) is 63.2 Å². The van der Waals surface area contributed by atoms with E-state index in [9.17, 15) is 0 Å². The van der Waals surface area contributed by atoms with Gasteiger partial charge in [0.25, 0.3) is 0 Å². The highest BCUT2D eigenvalue weighted by molar-refractivity contribution is 5.97. The number of aromatic nitrogens is 1. The standard InChI is InChI=1S/C18H19N/c1-18(2,3)16-10-9-14(13-7-5-4-6-8-13)15-11-12-19-17(15)16/h4-12,19H,1-3H3. The number of benzene rings is 2. The van der Waals surface area contributed by atoms with Crippen LogP contribution in [0.5, 0.6) is 0 Å². The molecule has 0 aliphatic heterocycles. The van der Waals surface area contributed by atoms with Gasteiger partial charge in [0.1, 0.15) is 0 Å². The van der Waals surface area contributed by atoms with Gasteiger partial charge in [0.15, 0.2) is 0 Å². The fraction of sp³-hybridized carbons (Fsp3) is 0.222. The summed E-state index contributed by atoms with van der Waals surface area (Å²) in [7, 11) is 0. The van der Waals surface area contributed by atoms with Crippen LogP contribution in [0.1, 0.15) is 26.3 Å². The largest absolute Gasteiger partial charge is 0.361 e. The highest BCUT2D eigenvalue weighted by Crippen LogP contribution is 2.35. The summed E-state index contributed by atoms with van der Waals surface area (Å²) in [6.45, 7) is 6.76. The maximum atomic E-state index is 3.40. The number of H-pyrrole nitrogens is 1. The van der Waals surface area contributed by atoms with Crippen molar-refractivity contribution in [2.45, 2.75) is 26.2 Å². The Morgan fingerprint density at radius 3 is 2.26 bits per heavy atom. The van der Waals surface area contributed by atoms with Gasteiger partial charge in [-0.15, -0.1) is 0 Å². The molecule has 0 unspecified atom stereocenters. The molecule has 96 valence electrons. The van der Waals surface area contributed by atoms with E-state index in [0.29, 0.717) is 0 Å². The van der Waals surface area contributed by atoms with Crippen LogP contribution in [0.4, 0.5) is 0 Å². The van der Waals surface area contributed by atoms with Crippen molar-refractivity contribution in [2.24, 2.45) is 0 Å². The molecule has 0 bridgehead atoms. The number of nitrogens with one attached hydrogen (secondary N) is 1. The van der Waals surface area contributed by atoms with Crippen LogP contribution in [-0.4, -0.2) is 4.98 Å². The highest BCUT2D eigenvalue weighted by atomic mass is 14.7. The molecule has 19 heavy (non-hydrogen) atoms. The van der Waals surface area contributed by atoms with E-state index < -0.39 is 0 Å². The molecule has 2 aromatic carbocycles. The fourth-order valence-corrected chi connectivity index (χ4v) is 2.65. The first-order valence-electron chi connectivity index (χ1n) is 6.73. The van der Waals surface area contributed by atoms with Crippen LogP contribution in [0, 0.1) is 0 Å². The average molecular weight is 249 g/mol. The minimum Gasteiger partial charge on any atom is -0.361 e. The zero-order valence-corrected chi connectivity index (χ0v) is 11.7. The van der Waals surface area contributed by atoms with Crippen LogP contribution in [0.3, 0.4) is 0 Å². The lowest BCUT2D eigenvalue weighted by molar-refractivity contribution is 0.595. The second kappa shape index (κ2) is 4.27. The Hall–Kier alpha value is -2.02. The van der Waals surface area contributed by atoms with E-state index in [1.165, 1.54) is 27.6 Å². The Balaban J connectivity index is 2.28. The molecule has 0 aliphatic carbocycles. The van der Waals surface area contributed by atoms with Crippen molar-refractivity contribution in [1.29, 1.82) is 0 Å².